The second-order valence-corrected chi connectivity index (χ2v) is 7.10. The summed E-state index contributed by atoms with van der Waals surface area (Å²) in [6.07, 6.45) is 0. The second kappa shape index (κ2) is 7.45. The number of amides is 1. The largest absolute Gasteiger partial charge is 0.347 e. The van der Waals surface area contributed by atoms with E-state index in [1.165, 1.54) is 5.56 Å². The first-order valence-electron chi connectivity index (χ1n) is 7.81. The Morgan fingerprint density at radius 1 is 0.958 bits per heavy atom. The number of hydrogen-bond acceptors (Lipinski definition) is 2. The third-order valence-electron chi connectivity index (χ3n) is 3.22. The molecular weight excluding hydrogens is 318 g/mol. The fraction of sp³-hybridized carbons (Fsp3) is 0.263. The molecule has 0 fully saturated rings. The molecule has 0 spiro atoms. The molecular formula is C19H23N3OS. The zero-order valence-corrected chi connectivity index (χ0v) is 15.3. The molecule has 4 nitrogen and oxygen atoms in total. The van der Waals surface area contributed by atoms with Crippen molar-refractivity contribution in [1.82, 2.24) is 5.32 Å². The van der Waals surface area contributed by atoms with Crippen LogP contribution < -0.4 is 16.0 Å². The average molecular weight is 341 g/mol. The van der Waals surface area contributed by atoms with Crippen LogP contribution in [0.25, 0.3) is 0 Å². The van der Waals surface area contributed by atoms with E-state index in [1.54, 1.807) is 6.07 Å². The van der Waals surface area contributed by atoms with Crippen LogP contribution in [0.3, 0.4) is 0 Å². The molecule has 0 heterocycles. The number of carbonyl (C=O) groups excluding carboxylic acids is 1. The quantitative estimate of drug-likeness (QED) is 0.727. The van der Waals surface area contributed by atoms with Crippen molar-refractivity contribution in [3.8, 4) is 0 Å². The maximum Gasteiger partial charge on any atom is 0.253 e. The van der Waals surface area contributed by atoms with E-state index in [2.05, 4.69) is 16.0 Å². The fourth-order valence-corrected chi connectivity index (χ4v) is 2.35. The van der Waals surface area contributed by atoms with Gasteiger partial charge >= 0.3 is 0 Å². The first-order chi connectivity index (χ1) is 11.2. The van der Waals surface area contributed by atoms with Crippen LogP contribution in [0, 0.1) is 6.92 Å². The van der Waals surface area contributed by atoms with E-state index in [1.807, 2.05) is 70.2 Å². The third kappa shape index (κ3) is 5.35. The Morgan fingerprint density at radius 2 is 1.58 bits per heavy atom. The molecule has 126 valence electrons. The summed E-state index contributed by atoms with van der Waals surface area (Å²) in [7, 11) is 0. The summed E-state index contributed by atoms with van der Waals surface area (Å²) in [5.74, 6) is -0.135. The normalized spacial score (nSPS) is 10.8. The molecule has 0 bridgehead atoms. The number of carbonyl (C=O) groups is 1. The number of benzene rings is 2. The molecule has 2 rings (SSSR count). The molecule has 2 aromatic carbocycles. The lowest BCUT2D eigenvalue weighted by Crippen LogP contribution is -2.41. The van der Waals surface area contributed by atoms with Crippen molar-refractivity contribution >= 4 is 34.6 Å². The lowest BCUT2D eigenvalue weighted by atomic mass is 10.1. The minimum Gasteiger partial charge on any atom is -0.347 e. The first kappa shape index (κ1) is 17.9. The predicted octanol–water partition coefficient (Wildman–Crippen LogP) is 4.33. The van der Waals surface area contributed by atoms with Crippen molar-refractivity contribution in [2.24, 2.45) is 0 Å². The van der Waals surface area contributed by atoms with Gasteiger partial charge in [0, 0.05) is 11.2 Å². The maximum atomic E-state index is 12.4. The van der Waals surface area contributed by atoms with Gasteiger partial charge in [0.15, 0.2) is 5.11 Å². The number of hydrogen-bond donors (Lipinski definition) is 3. The summed E-state index contributed by atoms with van der Waals surface area (Å²) in [6, 6.07) is 15.2. The van der Waals surface area contributed by atoms with Gasteiger partial charge < -0.3 is 16.0 Å². The zero-order valence-electron chi connectivity index (χ0n) is 14.4. The van der Waals surface area contributed by atoms with E-state index in [0.717, 1.165) is 5.69 Å². The summed E-state index contributed by atoms with van der Waals surface area (Å²) in [4.78, 5) is 12.4. The molecule has 0 unspecified atom stereocenters. The lowest BCUT2D eigenvalue weighted by Gasteiger charge is -2.22. The van der Waals surface area contributed by atoms with Gasteiger partial charge in [-0.05, 0) is 64.2 Å². The standard InChI is InChI=1S/C19H23N3OS/c1-13-9-11-14(12-10-13)20-18(24)21-16-8-6-5-7-15(16)17(23)22-19(2,3)4/h5-12H,1-4H3,(H,22,23)(H2,20,21,24). The zero-order chi connectivity index (χ0) is 17.7. The van der Waals surface area contributed by atoms with Crippen molar-refractivity contribution in [1.29, 1.82) is 0 Å². The number of anilines is 2. The molecule has 0 radical (unpaired) electrons. The lowest BCUT2D eigenvalue weighted by molar-refractivity contribution is 0.0920. The van der Waals surface area contributed by atoms with Gasteiger partial charge in [0.25, 0.3) is 5.91 Å². The molecule has 5 heteroatoms. The molecule has 0 saturated carbocycles. The molecule has 0 aromatic heterocycles. The van der Waals surface area contributed by atoms with E-state index in [9.17, 15) is 4.79 Å². The van der Waals surface area contributed by atoms with E-state index in [0.29, 0.717) is 16.4 Å². The highest BCUT2D eigenvalue weighted by atomic mass is 32.1. The van der Waals surface area contributed by atoms with Gasteiger partial charge in [0.2, 0.25) is 0 Å². The summed E-state index contributed by atoms with van der Waals surface area (Å²) in [6.45, 7) is 7.88. The number of para-hydroxylation sites is 1. The Morgan fingerprint density at radius 3 is 2.21 bits per heavy atom. The van der Waals surface area contributed by atoms with Gasteiger partial charge in [0.1, 0.15) is 0 Å². The number of nitrogens with one attached hydrogen (secondary N) is 3. The van der Waals surface area contributed by atoms with Crippen LogP contribution in [-0.2, 0) is 0 Å². The Bertz CT molecular complexity index is 733. The van der Waals surface area contributed by atoms with Crippen molar-refractivity contribution in [3.05, 3.63) is 59.7 Å². The van der Waals surface area contributed by atoms with Gasteiger partial charge in [0.05, 0.1) is 11.3 Å². The van der Waals surface area contributed by atoms with Gasteiger partial charge in [-0.25, -0.2) is 0 Å². The summed E-state index contributed by atoms with van der Waals surface area (Å²) < 4.78 is 0. The van der Waals surface area contributed by atoms with Gasteiger partial charge in [-0.1, -0.05) is 29.8 Å². The molecule has 0 aliphatic carbocycles. The number of thiocarbonyl (C=S) groups is 1. The van der Waals surface area contributed by atoms with Crippen LogP contribution in [0.5, 0.6) is 0 Å². The van der Waals surface area contributed by atoms with Crippen LogP contribution >= 0.6 is 12.2 Å². The SMILES string of the molecule is Cc1ccc(NC(=S)Nc2ccccc2C(=O)NC(C)(C)C)cc1. The number of rotatable bonds is 3. The Hall–Kier alpha value is -2.40. The molecule has 2 aromatic rings. The Balaban J connectivity index is 2.10. The highest BCUT2D eigenvalue weighted by Gasteiger charge is 2.18. The van der Waals surface area contributed by atoms with Crippen LogP contribution in [0.1, 0.15) is 36.7 Å². The van der Waals surface area contributed by atoms with Crippen LogP contribution in [0.4, 0.5) is 11.4 Å². The molecule has 0 aliphatic heterocycles. The van der Waals surface area contributed by atoms with Crippen molar-refractivity contribution in [3.63, 3.8) is 0 Å². The maximum absolute atomic E-state index is 12.4. The Kier molecular flexibility index (Phi) is 5.57. The smallest absolute Gasteiger partial charge is 0.253 e. The van der Waals surface area contributed by atoms with Crippen LogP contribution in [0.15, 0.2) is 48.5 Å². The molecule has 0 aliphatic rings. The fourth-order valence-electron chi connectivity index (χ4n) is 2.12. The summed E-state index contributed by atoms with van der Waals surface area (Å²) in [5, 5.41) is 9.62. The highest BCUT2D eigenvalue weighted by molar-refractivity contribution is 7.80. The van der Waals surface area contributed by atoms with Crippen molar-refractivity contribution in [2.75, 3.05) is 10.6 Å². The summed E-state index contributed by atoms with van der Waals surface area (Å²) in [5.41, 5.74) is 3.01. The highest BCUT2D eigenvalue weighted by Crippen LogP contribution is 2.17. The van der Waals surface area contributed by atoms with Gasteiger partial charge in [-0.2, -0.15) is 0 Å². The van der Waals surface area contributed by atoms with E-state index >= 15 is 0 Å². The third-order valence-corrected chi connectivity index (χ3v) is 3.42. The first-order valence-corrected chi connectivity index (χ1v) is 8.22. The monoisotopic (exact) mass is 341 g/mol. The predicted molar refractivity (Wildman–Crippen MR) is 105 cm³/mol. The molecule has 3 N–H and O–H groups in total. The van der Waals surface area contributed by atoms with E-state index < -0.39 is 0 Å². The number of aryl methyl sites for hydroxylation is 1. The Labute approximate surface area is 148 Å². The minimum absolute atomic E-state index is 0.135. The summed E-state index contributed by atoms with van der Waals surface area (Å²) >= 11 is 5.35. The van der Waals surface area contributed by atoms with Crippen molar-refractivity contribution in [2.45, 2.75) is 33.2 Å². The van der Waals surface area contributed by atoms with Crippen LogP contribution in [-0.4, -0.2) is 16.6 Å². The molecule has 1 amide bonds. The molecule has 0 atom stereocenters. The molecule has 24 heavy (non-hydrogen) atoms. The molecule has 0 saturated heterocycles. The van der Waals surface area contributed by atoms with E-state index in [-0.39, 0.29) is 11.4 Å². The van der Waals surface area contributed by atoms with Crippen LogP contribution in [0.2, 0.25) is 0 Å². The minimum atomic E-state index is -0.301. The topological polar surface area (TPSA) is 53.2 Å². The average Bonchev–Trinajstić information content (AvgIpc) is 2.48. The van der Waals surface area contributed by atoms with Gasteiger partial charge in [-0.3, -0.25) is 4.79 Å². The van der Waals surface area contributed by atoms with E-state index in [4.69, 9.17) is 12.2 Å². The van der Waals surface area contributed by atoms with Crippen molar-refractivity contribution < 1.29 is 4.79 Å². The van der Waals surface area contributed by atoms with Gasteiger partial charge in [-0.15, -0.1) is 0 Å². The second-order valence-electron chi connectivity index (χ2n) is 6.69.